The number of carbonyl (C=O) groups excluding carboxylic acids is 2. The third kappa shape index (κ3) is 3.64. The van der Waals surface area contributed by atoms with E-state index in [4.69, 9.17) is 15.9 Å². The standard InChI is InChI=1S/C20H17NO4/c1-3-15(12-14-8-5-4-6-9-14)25-20(23)16-10-7-11-17-18(16)24-13(2)19(22)21-17/h1,4-11,13,15H,12H2,2H3,(H,21,22)/t13-,15-/m1/s1. The number of carbonyl (C=O) groups is 2. The summed E-state index contributed by atoms with van der Waals surface area (Å²) in [5.74, 6) is 1.95. The summed E-state index contributed by atoms with van der Waals surface area (Å²) in [4.78, 5) is 24.2. The molecule has 0 bridgehead atoms. The molecule has 2 aromatic carbocycles. The molecule has 0 aliphatic carbocycles. The van der Waals surface area contributed by atoms with E-state index in [2.05, 4.69) is 11.2 Å². The Kier molecular flexibility index (Phi) is 4.71. The minimum Gasteiger partial charge on any atom is -0.478 e. The van der Waals surface area contributed by atoms with Crippen LogP contribution in [0.25, 0.3) is 0 Å². The number of terminal acetylenes is 1. The van der Waals surface area contributed by atoms with Gasteiger partial charge >= 0.3 is 5.97 Å². The largest absolute Gasteiger partial charge is 0.478 e. The first kappa shape index (κ1) is 16.6. The van der Waals surface area contributed by atoms with E-state index in [-0.39, 0.29) is 11.5 Å². The summed E-state index contributed by atoms with van der Waals surface area (Å²) >= 11 is 0. The van der Waals surface area contributed by atoms with Gasteiger partial charge < -0.3 is 14.8 Å². The van der Waals surface area contributed by atoms with Crippen LogP contribution in [0.2, 0.25) is 0 Å². The number of fused-ring (bicyclic) bond motifs is 1. The SMILES string of the molecule is C#C[C@H](Cc1ccccc1)OC(=O)c1cccc2c1O[C@H](C)C(=O)N2. The first-order valence-electron chi connectivity index (χ1n) is 7.90. The summed E-state index contributed by atoms with van der Waals surface area (Å²) < 4.78 is 11.0. The molecule has 2 atom stereocenters. The lowest BCUT2D eigenvalue weighted by Crippen LogP contribution is -2.35. The second-order valence-corrected chi connectivity index (χ2v) is 5.68. The summed E-state index contributed by atoms with van der Waals surface area (Å²) in [5, 5.41) is 2.70. The van der Waals surface area contributed by atoms with Crippen LogP contribution in [0.5, 0.6) is 5.75 Å². The third-order valence-electron chi connectivity index (χ3n) is 3.86. The van der Waals surface area contributed by atoms with Crippen molar-refractivity contribution in [3.63, 3.8) is 0 Å². The van der Waals surface area contributed by atoms with Gasteiger partial charge in [0.05, 0.1) is 5.69 Å². The normalized spacial score (nSPS) is 16.6. The van der Waals surface area contributed by atoms with Crippen molar-refractivity contribution in [2.75, 3.05) is 5.32 Å². The molecule has 5 heteroatoms. The Morgan fingerprint density at radius 3 is 2.76 bits per heavy atom. The zero-order valence-corrected chi connectivity index (χ0v) is 13.7. The number of hydrogen-bond donors (Lipinski definition) is 1. The molecule has 25 heavy (non-hydrogen) atoms. The first-order valence-corrected chi connectivity index (χ1v) is 7.90. The van der Waals surface area contributed by atoms with Crippen molar-refractivity contribution in [1.82, 2.24) is 0 Å². The second kappa shape index (κ2) is 7.10. The molecule has 1 aliphatic heterocycles. The Balaban J connectivity index is 1.78. The van der Waals surface area contributed by atoms with Crippen LogP contribution >= 0.6 is 0 Å². The first-order chi connectivity index (χ1) is 12.1. The van der Waals surface area contributed by atoms with Crippen molar-refractivity contribution >= 4 is 17.6 Å². The number of anilines is 1. The highest BCUT2D eigenvalue weighted by atomic mass is 16.5. The summed E-state index contributed by atoms with van der Waals surface area (Å²) in [6.45, 7) is 1.61. The molecule has 0 radical (unpaired) electrons. The zero-order valence-electron chi connectivity index (χ0n) is 13.7. The molecular weight excluding hydrogens is 318 g/mol. The molecule has 0 saturated heterocycles. The number of ether oxygens (including phenoxy) is 2. The smallest absolute Gasteiger partial charge is 0.343 e. The lowest BCUT2D eigenvalue weighted by molar-refractivity contribution is -0.122. The highest BCUT2D eigenvalue weighted by Gasteiger charge is 2.28. The third-order valence-corrected chi connectivity index (χ3v) is 3.86. The van der Waals surface area contributed by atoms with E-state index in [1.54, 1.807) is 25.1 Å². The van der Waals surface area contributed by atoms with Gasteiger partial charge in [-0.15, -0.1) is 6.42 Å². The lowest BCUT2D eigenvalue weighted by atomic mass is 10.1. The zero-order chi connectivity index (χ0) is 17.8. The Labute approximate surface area is 146 Å². The van der Waals surface area contributed by atoms with Crippen molar-refractivity contribution in [2.45, 2.75) is 25.6 Å². The molecule has 5 nitrogen and oxygen atoms in total. The number of amides is 1. The molecule has 1 aliphatic rings. The van der Waals surface area contributed by atoms with Crippen LogP contribution in [0, 0.1) is 12.3 Å². The van der Waals surface area contributed by atoms with Gasteiger partial charge in [0.25, 0.3) is 5.91 Å². The van der Waals surface area contributed by atoms with E-state index in [1.165, 1.54) is 0 Å². The van der Waals surface area contributed by atoms with E-state index in [0.717, 1.165) is 5.56 Å². The number of rotatable bonds is 4. The fourth-order valence-corrected chi connectivity index (χ4v) is 2.54. The summed E-state index contributed by atoms with van der Waals surface area (Å²) in [6.07, 6.45) is 4.55. The highest BCUT2D eigenvalue weighted by Crippen LogP contribution is 2.33. The molecule has 126 valence electrons. The van der Waals surface area contributed by atoms with E-state index >= 15 is 0 Å². The second-order valence-electron chi connectivity index (χ2n) is 5.68. The molecular formula is C20H17NO4. The lowest BCUT2D eigenvalue weighted by Gasteiger charge is -2.25. The van der Waals surface area contributed by atoms with Crippen molar-refractivity contribution in [1.29, 1.82) is 0 Å². The summed E-state index contributed by atoms with van der Waals surface area (Å²) in [5.41, 5.74) is 1.65. The Morgan fingerprint density at radius 1 is 1.28 bits per heavy atom. The van der Waals surface area contributed by atoms with Gasteiger partial charge in [0.1, 0.15) is 5.56 Å². The van der Waals surface area contributed by atoms with Crippen LogP contribution in [0.1, 0.15) is 22.8 Å². The van der Waals surface area contributed by atoms with Gasteiger partial charge in [-0.2, -0.15) is 0 Å². The maximum absolute atomic E-state index is 12.6. The van der Waals surface area contributed by atoms with Crippen molar-refractivity contribution in [3.8, 4) is 18.1 Å². The van der Waals surface area contributed by atoms with Crippen molar-refractivity contribution < 1.29 is 19.1 Å². The van der Waals surface area contributed by atoms with Gasteiger partial charge in [-0.3, -0.25) is 4.79 Å². The quantitative estimate of drug-likeness (QED) is 0.689. The van der Waals surface area contributed by atoms with Gasteiger partial charge in [-0.05, 0) is 24.6 Å². The van der Waals surface area contributed by atoms with Crippen LogP contribution < -0.4 is 10.1 Å². The van der Waals surface area contributed by atoms with Crippen LogP contribution in [0.3, 0.4) is 0 Å². The van der Waals surface area contributed by atoms with Gasteiger partial charge in [0.15, 0.2) is 18.0 Å². The fourth-order valence-electron chi connectivity index (χ4n) is 2.54. The van der Waals surface area contributed by atoms with Crippen LogP contribution in [0.4, 0.5) is 5.69 Å². The molecule has 0 aromatic heterocycles. The maximum Gasteiger partial charge on any atom is 0.343 e. The maximum atomic E-state index is 12.6. The van der Waals surface area contributed by atoms with Gasteiger partial charge in [0, 0.05) is 6.42 Å². The van der Waals surface area contributed by atoms with Gasteiger partial charge in [-0.25, -0.2) is 4.79 Å². The molecule has 1 N–H and O–H groups in total. The Morgan fingerprint density at radius 2 is 2.04 bits per heavy atom. The van der Waals surface area contributed by atoms with Crippen molar-refractivity contribution in [3.05, 3.63) is 59.7 Å². The predicted molar refractivity (Wildman–Crippen MR) is 93.3 cm³/mol. The van der Waals surface area contributed by atoms with E-state index in [0.29, 0.717) is 17.9 Å². The van der Waals surface area contributed by atoms with Gasteiger partial charge in [-0.1, -0.05) is 42.3 Å². The Hall–Kier alpha value is -3.26. The number of nitrogens with one attached hydrogen (secondary N) is 1. The van der Waals surface area contributed by atoms with E-state index in [9.17, 15) is 9.59 Å². The number of para-hydroxylation sites is 1. The molecule has 3 rings (SSSR count). The van der Waals surface area contributed by atoms with Crippen LogP contribution in [-0.4, -0.2) is 24.1 Å². The molecule has 1 heterocycles. The molecule has 0 unspecified atom stereocenters. The average Bonchev–Trinajstić information content (AvgIpc) is 2.62. The number of benzene rings is 2. The van der Waals surface area contributed by atoms with E-state index < -0.39 is 18.2 Å². The van der Waals surface area contributed by atoms with Gasteiger partial charge in [0.2, 0.25) is 0 Å². The monoisotopic (exact) mass is 335 g/mol. The minimum absolute atomic E-state index is 0.234. The molecule has 1 amide bonds. The van der Waals surface area contributed by atoms with Crippen LogP contribution in [0.15, 0.2) is 48.5 Å². The Bertz CT molecular complexity index is 839. The predicted octanol–water partition coefficient (Wildman–Crippen LogP) is 2.81. The number of esters is 1. The minimum atomic E-state index is -0.693. The molecule has 0 saturated carbocycles. The molecule has 0 fully saturated rings. The topological polar surface area (TPSA) is 64.6 Å². The summed E-state index contributed by atoms with van der Waals surface area (Å²) in [7, 11) is 0. The fraction of sp³-hybridized carbons (Fsp3) is 0.200. The average molecular weight is 335 g/mol. The molecule has 0 spiro atoms. The highest BCUT2D eigenvalue weighted by molar-refractivity contribution is 6.02. The van der Waals surface area contributed by atoms with Crippen molar-refractivity contribution in [2.24, 2.45) is 0 Å². The number of hydrogen-bond acceptors (Lipinski definition) is 4. The van der Waals surface area contributed by atoms with Crippen LogP contribution in [-0.2, 0) is 16.0 Å². The van der Waals surface area contributed by atoms with E-state index in [1.807, 2.05) is 30.3 Å². The summed E-state index contributed by atoms with van der Waals surface area (Å²) in [6, 6.07) is 14.4. The molecule has 2 aromatic rings.